The van der Waals surface area contributed by atoms with Crippen molar-refractivity contribution in [3.63, 3.8) is 0 Å². The monoisotopic (exact) mass is 488 g/mol. The topological polar surface area (TPSA) is 79.8 Å². The number of aromatic nitrogens is 3. The highest BCUT2D eigenvalue weighted by Crippen LogP contribution is 2.26. The van der Waals surface area contributed by atoms with Crippen molar-refractivity contribution in [2.24, 2.45) is 0 Å². The second kappa shape index (κ2) is 9.35. The summed E-state index contributed by atoms with van der Waals surface area (Å²) in [7, 11) is 0. The maximum atomic E-state index is 12.6. The molecule has 0 fully saturated rings. The molecule has 2 aromatic heterocycles. The van der Waals surface area contributed by atoms with Crippen LogP contribution in [-0.4, -0.2) is 26.2 Å². The summed E-state index contributed by atoms with van der Waals surface area (Å²) in [4.78, 5) is 32.1. The fraction of sp³-hybridized carbons (Fsp3) is 0.143. The summed E-state index contributed by atoms with van der Waals surface area (Å²) in [6.07, 6.45) is 0. The molecule has 6 nitrogen and oxygen atoms in total. The molecule has 158 valence electrons. The van der Waals surface area contributed by atoms with Crippen molar-refractivity contribution in [3.8, 4) is 5.69 Å². The number of hydrogen-bond acceptors (Lipinski definition) is 6. The Kier molecular flexibility index (Phi) is 6.57. The van der Waals surface area contributed by atoms with E-state index in [9.17, 15) is 9.59 Å². The second-order valence-corrected chi connectivity index (χ2v) is 9.73. The number of carbonyl (C=O) groups excluding carboxylic acids is 1. The van der Waals surface area contributed by atoms with Crippen LogP contribution in [0.2, 0.25) is 5.02 Å². The van der Waals surface area contributed by atoms with Gasteiger partial charge in [-0.25, -0.2) is 4.98 Å². The number of fused-ring (bicyclic) bond motifs is 1. The van der Waals surface area contributed by atoms with Gasteiger partial charge in [0, 0.05) is 17.3 Å². The van der Waals surface area contributed by atoms with Crippen LogP contribution in [0.5, 0.6) is 0 Å². The maximum Gasteiger partial charge on any atom is 0.271 e. The molecule has 0 spiro atoms. The third kappa shape index (κ3) is 4.90. The lowest BCUT2D eigenvalue weighted by Gasteiger charge is -2.08. The average molecular weight is 489 g/mol. The highest BCUT2D eigenvalue weighted by Gasteiger charge is 2.15. The van der Waals surface area contributed by atoms with Crippen molar-refractivity contribution in [1.29, 1.82) is 0 Å². The number of benzene rings is 2. The van der Waals surface area contributed by atoms with Crippen LogP contribution in [0, 0.1) is 10.9 Å². The number of thiazole rings is 1. The number of aryl methyl sites for hydroxylation is 1. The number of nitrogens with zero attached hydrogens (tertiary/aromatic N) is 2. The molecular weight excluding hydrogens is 472 g/mol. The van der Waals surface area contributed by atoms with E-state index in [1.807, 2.05) is 49.4 Å². The Morgan fingerprint density at radius 2 is 2.06 bits per heavy atom. The lowest BCUT2D eigenvalue weighted by atomic mass is 10.2. The number of nitrogens with one attached hydrogen (secondary N) is 2. The summed E-state index contributed by atoms with van der Waals surface area (Å²) < 4.78 is 2.71. The summed E-state index contributed by atoms with van der Waals surface area (Å²) in [5.41, 5.74) is 2.89. The third-order valence-corrected chi connectivity index (χ3v) is 7.15. The van der Waals surface area contributed by atoms with E-state index in [0.29, 0.717) is 31.0 Å². The van der Waals surface area contributed by atoms with E-state index in [0.717, 1.165) is 16.8 Å². The molecule has 10 heteroatoms. The smallest absolute Gasteiger partial charge is 0.271 e. The Bertz CT molecular complexity index is 1380. The van der Waals surface area contributed by atoms with Gasteiger partial charge in [-0.2, -0.15) is 0 Å². The van der Waals surface area contributed by atoms with Gasteiger partial charge in [-0.15, -0.1) is 0 Å². The number of halogens is 1. The maximum absolute atomic E-state index is 12.6. The molecule has 2 aromatic carbocycles. The fourth-order valence-corrected chi connectivity index (χ4v) is 5.01. The lowest BCUT2D eigenvalue weighted by Crippen LogP contribution is -2.24. The first-order valence-corrected chi connectivity index (χ1v) is 11.9. The molecule has 0 radical (unpaired) electrons. The van der Waals surface area contributed by atoms with E-state index in [2.05, 4.69) is 15.3 Å². The quantitative estimate of drug-likeness (QED) is 0.230. The predicted octanol–water partition coefficient (Wildman–Crippen LogP) is 4.88. The molecule has 0 unspecified atom stereocenters. The van der Waals surface area contributed by atoms with Crippen LogP contribution in [0.1, 0.15) is 11.1 Å². The molecule has 0 bridgehead atoms. The lowest BCUT2D eigenvalue weighted by molar-refractivity contribution is -0.118. The van der Waals surface area contributed by atoms with Crippen LogP contribution >= 0.6 is 46.9 Å². The Morgan fingerprint density at radius 1 is 1.29 bits per heavy atom. The van der Waals surface area contributed by atoms with Gasteiger partial charge in [-0.05, 0) is 48.5 Å². The van der Waals surface area contributed by atoms with Crippen LogP contribution in [0.25, 0.3) is 16.0 Å². The number of rotatable bonds is 6. The first-order valence-electron chi connectivity index (χ1n) is 9.28. The van der Waals surface area contributed by atoms with Crippen molar-refractivity contribution in [2.75, 3.05) is 5.75 Å². The fourth-order valence-electron chi connectivity index (χ4n) is 2.94. The normalized spacial score (nSPS) is 11.0. The minimum atomic E-state index is -0.280. The van der Waals surface area contributed by atoms with Crippen LogP contribution in [0.3, 0.4) is 0 Å². The molecule has 2 N–H and O–H groups in total. The largest absolute Gasteiger partial charge is 0.351 e. The van der Waals surface area contributed by atoms with Crippen molar-refractivity contribution in [3.05, 3.63) is 79.0 Å². The van der Waals surface area contributed by atoms with E-state index < -0.39 is 0 Å². The minimum absolute atomic E-state index is 0.131. The first kappa shape index (κ1) is 21.8. The zero-order valence-electron chi connectivity index (χ0n) is 16.3. The van der Waals surface area contributed by atoms with Crippen molar-refractivity contribution in [2.45, 2.75) is 18.6 Å². The van der Waals surface area contributed by atoms with Gasteiger partial charge in [0.05, 0.1) is 5.75 Å². The zero-order valence-corrected chi connectivity index (χ0v) is 19.6. The van der Waals surface area contributed by atoms with Crippen molar-refractivity contribution < 1.29 is 4.79 Å². The van der Waals surface area contributed by atoms with Crippen molar-refractivity contribution in [1.82, 2.24) is 19.9 Å². The third-order valence-electron chi connectivity index (χ3n) is 4.49. The van der Waals surface area contributed by atoms with Gasteiger partial charge in [0.25, 0.3) is 5.56 Å². The summed E-state index contributed by atoms with van der Waals surface area (Å²) >= 11 is 14.0. The Morgan fingerprint density at radius 3 is 2.81 bits per heavy atom. The Hall–Kier alpha value is -2.46. The number of H-pyrrole nitrogens is 1. The molecular formula is C21H17ClN4O2S3. The van der Waals surface area contributed by atoms with E-state index in [-0.39, 0.29) is 17.2 Å². The molecule has 0 aliphatic rings. The molecule has 0 saturated heterocycles. The second-order valence-electron chi connectivity index (χ2n) is 6.71. The number of aromatic amines is 1. The van der Waals surface area contributed by atoms with Crippen molar-refractivity contribution >= 4 is 63.2 Å². The number of carbonyl (C=O) groups is 1. The zero-order chi connectivity index (χ0) is 22.0. The molecule has 0 aliphatic heterocycles. The van der Waals surface area contributed by atoms with E-state index >= 15 is 0 Å². The molecule has 4 rings (SSSR count). The van der Waals surface area contributed by atoms with E-state index in [1.165, 1.54) is 23.1 Å². The van der Waals surface area contributed by atoms with Gasteiger partial charge in [0.1, 0.15) is 4.70 Å². The standard InChI is InChI=1S/C21H17ClN4O2S3/c1-12-9-14(7-8-15(12)22)26-18-17(31-21(26)29)19(28)25-20(24-18)30-11-16(27)23-10-13-5-3-2-4-6-13/h2-9H,10-11H2,1H3,(H,23,27)(H,24,25,28). The van der Waals surface area contributed by atoms with Gasteiger partial charge in [-0.3, -0.25) is 14.2 Å². The predicted molar refractivity (Wildman–Crippen MR) is 129 cm³/mol. The molecule has 1 amide bonds. The summed E-state index contributed by atoms with van der Waals surface area (Å²) in [6.45, 7) is 2.35. The van der Waals surface area contributed by atoms with Gasteiger partial charge < -0.3 is 10.3 Å². The molecule has 0 saturated carbocycles. The molecule has 31 heavy (non-hydrogen) atoms. The summed E-state index contributed by atoms with van der Waals surface area (Å²) in [6, 6.07) is 15.2. The minimum Gasteiger partial charge on any atom is -0.351 e. The van der Waals surface area contributed by atoms with Crippen LogP contribution in [0.15, 0.2) is 58.5 Å². The SMILES string of the molecule is Cc1cc(-n2c(=S)sc3c(=O)[nH]c(SCC(=O)NCc4ccccc4)nc32)ccc1Cl. The van der Waals surface area contributed by atoms with Gasteiger partial charge >= 0.3 is 0 Å². The van der Waals surface area contributed by atoms with Crippen LogP contribution in [-0.2, 0) is 11.3 Å². The molecule has 2 heterocycles. The van der Waals surface area contributed by atoms with Gasteiger partial charge in [0.15, 0.2) is 14.8 Å². The molecule has 0 aliphatic carbocycles. The van der Waals surface area contributed by atoms with Crippen LogP contribution in [0.4, 0.5) is 0 Å². The van der Waals surface area contributed by atoms with Crippen LogP contribution < -0.4 is 10.9 Å². The number of thioether (sulfide) groups is 1. The summed E-state index contributed by atoms with van der Waals surface area (Å²) in [5, 5.41) is 3.87. The van der Waals surface area contributed by atoms with Gasteiger partial charge in [0.2, 0.25) is 5.91 Å². The highest BCUT2D eigenvalue weighted by molar-refractivity contribution is 7.99. The number of hydrogen-bond donors (Lipinski definition) is 2. The average Bonchev–Trinajstić information content (AvgIpc) is 3.10. The summed E-state index contributed by atoms with van der Waals surface area (Å²) in [5.74, 6) is -0.0151. The Labute approximate surface area is 196 Å². The van der Waals surface area contributed by atoms with E-state index in [4.69, 9.17) is 23.8 Å². The van der Waals surface area contributed by atoms with Gasteiger partial charge in [-0.1, -0.05) is 65.0 Å². The van der Waals surface area contributed by atoms with E-state index in [1.54, 1.807) is 10.6 Å². The molecule has 0 atom stereocenters. The highest BCUT2D eigenvalue weighted by atomic mass is 35.5. The number of amides is 1. The Balaban J connectivity index is 1.56. The molecule has 4 aromatic rings. The first-order chi connectivity index (χ1) is 14.9.